The molecule has 0 radical (unpaired) electrons. The lowest BCUT2D eigenvalue weighted by Gasteiger charge is -2.25. The van der Waals surface area contributed by atoms with Crippen LogP contribution in [0.2, 0.25) is 0 Å². The minimum atomic E-state index is -4.96. The number of sulfone groups is 1. The fourth-order valence-corrected chi connectivity index (χ4v) is 4.61. The van der Waals surface area contributed by atoms with E-state index in [1.54, 1.807) is 0 Å². The Morgan fingerprint density at radius 3 is 2.09 bits per heavy atom. The maximum atomic E-state index is 13.6. The van der Waals surface area contributed by atoms with Crippen molar-refractivity contribution in [3.8, 4) is 0 Å². The van der Waals surface area contributed by atoms with E-state index in [1.165, 1.54) is 13.8 Å². The van der Waals surface area contributed by atoms with Gasteiger partial charge in [0.25, 0.3) is 0 Å². The summed E-state index contributed by atoms with van der Waals surface area (Å²) in [6.07, 6.45) is -10.3. The number of alkyl halides is 6. The van der Waals surface area contributed by atoms with Crippen molar-refractivity contribution in [3.05, 3.63) is 47.0 Å². The van der Waals surface area contributed by atoms with Gasteiger partial charge in [0.2, 0.25) is 0 Å². The maximum absolute atomic E-state index is 13.6. The predicted molar refractivity (Wildman–Crippen MR) is 99.1 cm³/mol. The largest absolute Gasteiger partial charge is 0.435 e. The monoisotopic (exact) mass is 488 g/mol. The number of hydrogen-bond donors (Lipinski definition) is 0. The molecule has 0 aliphatic rings. The molecule has 32 heavy (non-hydrogen) atoms. The van der Waals surface area contributed by atoms with Crippen LogP contribution >= 0.6 is 0 Å². The highest BCUT2D eigenvalue weighted by Crippen LogP contribution is 2.36. The molecule has 0 aliphatic carbocycles. The third-order valence-corrected chi connectivity index (χ3v) is 7.39. The molecule has 0 aliphatic heterocycles. The molecule has 0 fully saturated rings. The Morgan fingerprint density at radius 1 is 1.00 bits per heavy atom. The number of halogens is 7. The standard InChI is InChI=1S/C19H19F7N2O3S/c1-17(2,32(30,31)13-8-11(18(21,22)23)7-12(20)9-13)6-4-5-15(29)14-10-16(19(24,25)26)27-28(14)3/h7-10H,4-6H2,1-3H3. The van der Waals surface area contributed by atoms with E-state index in [1.807, 2.05) is 0 Å². The minimum Gasteiger partial charge on any atom is -0.292 e. The Balaban J connectivity index is 2.17. The van der Waals surface area contributed by atoms with Gasteiger partial charge in [0.15, 0.2) is 21.3 Å². The van der Waals surface area contributed by atoms with E-state index in [9.17, 15) is 43.9 Å². The Morgan fingerprint density at radius 2 is 1.59 bits per heavy atom. The summed E-state index contributed by atoms with van der Waals surface area (Å²) in [7, 11) is -3.30. The first kappa shape index (κ1) is 25.8. The van der Waals surface area contributed by atoms with Crippen LogP contribution in [0.25, 0.3) is 0 Å². The molecule has 13 heteroatoms. The van der Waals surface area contributed by atoms with Crippen LogP contribution in [0.4, 0.5) is 30.7 Å². The van der Waals surface area contributed by atoms with Gasteiger partial charge in [-0.2, -0.15) is 31.4 Å². The first-order valence-corrected chi connectivity index (χ1v) is 10.6. The molecule has 0 atom stereocenters. The highest BCUT2D eigenvalue weighted by molar-refractivity contribution is 7.92. The quantitative estimate of drug-likeness (QED) is 0.397. The lowest BCUT2D eigenvalue weighted by atomic mass is 10.0. The van der Waals surface area contributed by atoms with Crippen LogP contribution in [-0.2, 0) is 29.2 Å². The van der Waals surface area contributed by atoms with Crippen molar-refractivity contribution in [2.75, 3.05) is 0 Å². The van der Waals surface area contributed by atoms with Gasteiger partial charge < -0.3 is 0 Å². The van der Waals surface area contributed by atoms with Gasteiger partial charge >= 0.3 is 12.4 Å². The highest BCUT2D eigenvalue weighted by atomic mass is 32.2. The van der Waals surface area contributed by atoms with Crippen LogP contribution in [0.3, 0.4) is 0 Å². The lowest BCUT2D eigenvalue weighted by molar-refractivity contribution is -0.141. The second-order valence-corrected chi connectivity index (χ2v) is 10.3. The normalized spacial score (nSPS) is 13.4. The molecule has 1 aromatic heterocycles. The number of aromatic nitrogens is 2. The number of hydrogen-bond acceptors (Lipinski definition) is 4. The molecule has 178 valence electrons. The molecule has 0 N–H and O–H groups in total. The van der Waals surface area contributed by atoms with Crippen molar-refractivity contribution in [1.82, 2.24) is 9.78 Å². The van der Waals surface area contributed by atoms with Crippen LogP contribution in [-0.4, -0.2) is 28.7 Å². The molecule has 0 unspecified atom stereocenters. The van der Waals surface area contributed by atoms with Gasteiger partial charge in [0.1, 0.15) is 11.5 Å². The van der Waals surface area contributed by atoms with E-state index in [2.05, 4.69) is 5.10 Å². The highest BCUT2D eigenvalue weighted by Gasteiger charge is 2.39. The van der Waals surface area contributed by atoms with E-state index < -0.39 is 54.7 Å². The molecule has 0 spiro atoms. The molecule has 0 saturated heterocycles. The second-order valence-electron chi connectivity index (χ2n) is 7.75. The second kappa shape index (κ2) is 8.49. The number of carbonyl (C=O) groups excluding carboxylic acids is 1. The molecule has 0 amide bonds. The zero-order valence-electron chi connectivity index (χ0n) is 17.1. The van der Waals surface area contributed by atoms with Gasteiger partial charge in [0.05, 0.1) is 15.2 Å². The summed E-state index contributed by atoms with van der Waals surface area (Å²) in [5.74, 6) is -2.09. The third-order valence-electron chi connectivity index (χ3n) is 4.88. The molecule has 0 saturated carbocycles. The van der Waals surface area contributed by atoms with Crippen molar-refractivity contribution in [2.45, 2.75) is 55.1 Å². The van der Waals surface area contributed by atoms with Crippen molar-refractivity contribution in [3.63, 3.8) is 0 Å². The van der Waals surface area contributed by atoms with Crippen LogP contribution in [0.15, 0.2) is 29.2 Å². The first-order valence-electron chi connectivity index (χ1n) is 9.13. The number of ketones is 1. The van der Waals surface area contributed by atoms with Crippen molar-refractivity contribution >= 4 is 15.6 Å². The molecule has 2 rings (SSSR count). The summed E-state index contributed by atoms with van der Waals surface area (Å²) in [5.41, 5.74) is -3.03. The van der Waals surface area contributed by atoms with Crippen LogP contribution < -0.4 is 0 Å². The van der Waals surface area contributed by atoms with E-state index in [4.69, 9.17) is 0 Å². The summed E-state index contributed by atoms with van der Waals surface area (Å²) in [6, 6.07) is 1.56. The number of Topliss-reactive ketones (excluding diaryl/α,β-unsaturated/α-hetero) is 1. The molecule has 1 heterocycles. The summed E-state index contributed by atoms with van der Waals surface area (Å²) in [6.45, 7) is 2.41. The summed E-state index contributed by atoms with van der Waals surface area (Å²) in [4.78, 5) is 11.4. The van der Waals surface area contributed by atoms with Crippen molar-refractivity contribution in [1.29, 1.82) is 0 Å². The van der Waals surface area contributed by atoms with Gasteiger partial charge in [-0.3, -0.25) is 9.48 Å². The number of benzene rings is 1. The average Bonchev–Trinajstić information content (AvgIpc) is 3.02. The molecule has 5 nitrogen and oxygen atoms in total. The van der Waals surface area contributed by atoms with E-state index >= 15 is 0 Å². The summed E-state index contributed by atoms with van der Waals surface area (Å²) < 4.78 is 115. The summed E-state index contributed by atoms with van der Waals surface area (Å²) in [5, 5.41) is 3.22. The van der Waals surface area contributed by atoms with Gasteiger partial charge in [-0.1, -0.05) is 0 Å². The number of rotatable bonds is 7. The smallest absolute Gasteiger partial charge is 0.292 e. The number of aryl methyl sites for hydroxylation is 1. The third kappa shape index (κ3) is 5.48. The molecule has 2 aromatic rings. The van der Waals surface area contributed by atoms with Gasteiger partial charge in [0, 0.05) is 13.5 Å². The van der Waals surface area contributed by atoms with Crippen LogP contribution in [0, 0.1) is 5.82 Å². The fourth-order valence-electron chi connectivity index (χ4n) is 3.00. The number of nitrogens with zero attached hydrogens (tertiary/aromatic N) is 2. The van der Waals surface area contributed by atoms with Crippen molar-refractivity contribution in [2.24, 2.45) is 7.05 Å². The molecule has 0 bridgehead atoms. The Bertz CT molecular complexity index is 1120. The van der Waals surface area contributed by atoms with Gasteiger partial charge in [-0.15, -0.1) is 0 Å². The van der Waals surface area contributed by atoms with Gasteiger partial charge in [-0.25, -0.2) is 12.8 Å². The first-order chi connectivity index (χ1) is 14.4. The Hall–Kier alpha value is -2.44. The minimum absolute atomic E-state index is 0.0982. The Labute approximate surface area is 179 Å². The zero-order chi connectivity index (χ0) is 24.7. The van der Waals surface area contributed by atoms with Crippen LogP contribution in [0.5, 0.6) is 0 Å². The lowest BCUT2D eigenvalue weighted by Crippen LogP contribution is -2.32. The molecule has 1 aromatic carbocycles. The average molecular weight is 488 g/mol. The van der Waals surface area contributed by atoms with E-state index in [0.29, 0.717) is 18.2 Å². The van der Waals surface area contributed by atoms with E-state index in [0.717, 1.165) is 11.7 Å². The van der Waals surface area contributed by atoms with Crippen molar-refractivity contribution < 1.29 is 43.9 Å². The van der Waals surface area contributed by atoms with Gasteiger partial charge in [-0.05, 0) is 51.0 Å². The zero-order valence-corrected chi connectivity index (χ0v) is 17.9. The fraction of sp³-hybridized carbons (Fsp3) is 0.474. The molecular weight excluding hydrogens is 469 g/mol. The topological polar surface area (TPSA) is 69.0 Å². The molecular formula is C19H19F7N2O3S. The van der Waals surface area contributed by atoms with Crippen LogP contribution in [0.1, 0.15) is 54.9 Å². The summed E-state index contributed by atoms with van der Waals surface area (Å²) >= 11 is 0. The maximum Gasteiger partial charge on any atom is 0.435 e. The number of carbonyl (C=O) groups is 1. The predicted octanol–water partition coefficient (Wildman–Crippen LogP) is 5.20. The SMILES string of the molecule is Cn1nc(C(F)(F)F)cc1C(=O)CCCC(C)(C)S(=O)(=O)c1cc(F)cc(C(F)(F)F)c1. The Kier molecular flexibility index (Phi) is 6.85. The van der Waals surface area contributed by atoms with E-state index in [-0.39, 0.29) is 31.0 Å².